The van der Waals surface area contributed by atoms with Crippen molar-refractivity contribution in [1.29, 1.82) is 0 Å². The van der Waals surface area contributed by atoms with Crippen LogP contribution in [0.4, 0.5) is 0 Å². The number of halogens is 7. The maximum Gasteiger partial charge on any atom is 0.177 e. The van der Waals surface area contributed by atoms with Gasteiger partial charge in [0.05, 0.1) is 5.38 Å². The summed E-state index contributed by atoms with van der Waals surface area (Å²) in [5.74, 6) is 0. The van der Waals surface area contributed by atoms with Crippen LogP contribution in [0.1, 0.15) is 13.8 Å². The summed E-state index contributed by atoms with van der Waals surface area (Å²) in [6.07, 6.45) is 0. The molecule has 0 N–H and O–H groups in total. The summed E-state index contributed by atoms with van der Waals surface area (Å²) in [6.45, 7) is 7.58. The zero-order valence-corrected chi connectivity index (χ0v) is 14.2. The Kier molecular flexibility index (Phi) is 3.12. The zero-order valence-electron chi connectivity index (χ0n) is 8.93. The highest BCUT2D eigenvalue weighted by atomic mass is 35.5. The zero-order chi connectivity index (χ0) is 13.7. The van der Waals surface area contributed by atoms with Crippen molar-refractivity contribution >= 4 is 81.2 Å². The van der Waals surface area contributed by atoms with Gasteiger partial charge in [0, 0.05) is 5.41 Å². The Hall–Kier alpha value is 1.77. The van der Waals surface area contributed by atoms with Crippen LogP contribution in [0.2, 0.25) is 0 Å². The molecule has 17 heavy (non-hydrogen) atoms. The summed E-state index contributed by atoms with van der Waals surface area (Å²) >= 11 is 44.5. The third kappa shape index (κ3) is 1.16. The molecule has 2 aliphatic carbocycles. The summed E-state index contributed by atoms with van der Waals surface area (Å²) in [7, 11) is 0. The van der Waals surface area contributed by atoms with Crippen LogP contribution in [0.25, 0.3) is 0 Å². The quantitative estimate of drug-likeness (QED) is 0.386. The lowest BCUT2D eigenvalue weighted by atomic mass is 9.71. The van der Waals surface area contributed by atoms with E-state index in [4.69, 9.17) is 81.2 Å². The van der Waals surface area contributed by atoms with E-state index in [0.717, 1.165) is 0 Å². The van der Waals surface area contributed by atoms with E-state index in [9.17, 15) is 0 Å². The van der Waals surface area contributed by atoms with Gasteiger partial charge in [-0.1, -0.05) is 66.8 Å². The Morgan fingerprint density at radius 3 is 1.65 bits per heavy atom. The number of fused-ring (bicyclic) bond motifs is 2. The normalized spacial score (nSPS) is 49.7. The highest BCUT2D eigenvalue weighted by Gasteiger charge is 2.90. The molecular weight excluding hydrogens is 368 g/mol. The Morgan fingerprint density at radius 1 is 0.941 bits per heavy atom. The Labute approximate surface area is 135 Å². The van der Waals surface area contributed by atoms with Crippen molar-refractivity contribution in [3.8, 4) is 0 Å². The van der Waals surface area contributed by atoms with E-state index in [0.29, 0.717) is 5.57 Å². The average molecular weight is 377 g/mol. The smallest absolute Gasteiger partial charge is 0.119 e. The van der Waals surface area contributed by atoms with E-state index >= 15 is 0 Å². The van der Waals surface area contributed by atoms with Crippen LogP contribution in [0.15, 0.2) is 12.2 Å². The molecule has 2 bridgehead atoms. The fourth-order valence-corrected chi connectivity index (χ4v) is 6.67. The molecule has 3 atom stereocenters. The van der Waals surface area contributed by atoms with Crippen LogP contribution in [0, 0.1) is 5.41 Å². The van der Waals surface area contributed by atoms with Crippen molar-refractivity contribution in [2.45, 2.75) is 37.6 Å². The minimum atomic E-state index is -1.72. The molecule has 7 heteroatoms. The number of hydrogen-bond acceptors (Lipinski definition) is 0. The van der Waals surface area contributed by atoms with Crippen LogP contribution in [0.5, 0.6) is 0 Å². The predicted octanol–water partition coefficient (Wildman–Crippen LogP) is 5.51. The first-order chi connectivity index (χ1) is 7.31. The van der Waals surface area contributed by atoms with Gasteiger partial charge in [0.25, 0.3) is 0 Å². The van der Waals surface area contributed by atoms with E-state index in [1.165, 1.54) is 0 Å². The van der Waals surface area contributed by atoms with Crippen LogP contribution in [-0.4, -0.2) is 23.8 Å². The number of allylic oxidation sites excluding steroid dienone is 1. The summed E-state index contributed by atoms with van der Waals surface area (Å²) < 4.78 is -3.41. The van der Waals surface area contributed by atoms with Gasteiger partial charge >= 0.3 is 0 Å². The van der Waals surface area contributed by atoms with Gasteiger partial charge in [0.2, 0.25) is 0 Å². The van der Waals surface area contributed by atoms with Crippen molar-refractivity contribution in [2.24, 2.45) is 5.41 Å². The Balaban J connectivity index is 2.84. The standard InChI is InChI=1S/C10H9Cl7/c1-4-6(2,3)8(13)5(11)7(4,12)9(14,15)10(8,16)17/h5H,1H2,2-3H3/t5?,7-,8+/m0/s1. The molecule has 0 radical (unpaired) electrons. The molecular formula is C10H9Cl7. The van der Waals surface area contributed by atoms with Gasteiger partial charge in [-0.25, -0.2) is 0 Å². The number of hydrogen-bond donors (Lipinski definition) is 0. The average Bonchev–Trinajstić information content (AvgIpc) is 2.35. The molecule has 0 saturated heterocycles. The maximum atomic E-state index is 6.59. The van der Waals surface area contributed by atoms with Gasteiger partial charge < -0.3 is 0 Å². The lowest BCUT2D eigenvalue weighted by Gasteiger charge is -2.51. The van der Waals surface area contributed by atoms with Gasteiger partial charge in [0.1, 0.15) is 9.75 Å². The molecule has 0 aromatic rings. The molecule has 1 unspecified atom stereocenters. The summed E-state index contributed by atoms with van der Waals surface area (Å²) in [5, 5.41) is -0.828. The van der Waals surface area contributed by atoms with E-state index < -0.39 is 29.2 Å². The molecule has 0 aliphatic heterocycles. The SMILES string of the molecule is C=C1C(C)(C)[C@]2(Cl)C(Cl)[C@]1(Cl)C(Cl)(Cl)C2(Cl)Cl. The van der Waals surface area contributed by atoms with Crippen LogP contribution < -0.4 is 0 Å². The summed E-state index contributed by atoms with van der Waals surface area (Å²) in [6, 6.07) is 0. The molecule has 2 rings (SSSR count). The fourth-order valence-electron chi connectivity index (χ4n) is 2.78. The van der Waals surface area contributed by atoms with Crippen molar-refractivity contribution in [1.82, 2.24) is 0 Å². The monoisotopic (exact) mass is 374 g/mol. The largest absolute Gasteiger partial charge is 0.177 e. The Morgan fingerprint density at radius 2 is 1.35 bits per heavy atom. The second kappa shape index (κ2) is 3.50. The lowest BCUT2D eigenvalue weighted by Crippen LogP contribution is -2.61. The second-order valence-electron chi connectivity index (χ2n) is 5.04. The van der Waals surface area contributed by atoms with Crippen molar-refractivity contribution in [2.75, 3.05) is 0 Å². The topological polar surface area (TPSA) is 0 Å². The molecule has 0 aromatic carbocycles. The molecule has 0 aromatic heterocycles. The van der Waals surface area contributed by atoms with E-state index in [2.05, 4.69) is 6.58 Å². The van der Waals surface area contributed by atoms with Crippen molar-refractivity contribution in [3.63, 3.8) is 0 Å². The van der Waals surface area contributed by atoms with Crippen LogP contribution >= 0.6 is 81.2 Å². The molecule has 2 fully saturated rings. The molecule has 0 nitrogen and oxygen atoms in total. The first-order valence-electron chi connectivity index (χ1n) is 4.78. The van der Waals surface area contributed by atoms with Crippen LogP contribution in [-0.2, 0) is 0 Å². The first-order valence-corrected chi connectivity index (χ1v) is 7.49. The van der Waals surface area contributed by atoms with Gasteiger partial charge in [-0.3, -0.25) is 0 Å². The highest BCUT2D eigenvalue weighted by molar-refractivity contribution is 6.71. The molecule has 0 heterocycles. The minimum absolute atomic E-state index is 0.545. The fraction of sp³-hybridized carbons (Fsp3) is 0.800. The highest BCUT2D eigenvalue weighted by Crippen LogP contribution is 2.81. The van der Waals surface area contributed by atoms with Crippen molar-refractivity contribution < 1.29 is 0 Å². The van der Waals surface area contributed by atoms with Gasteiger partial charge in [-0.05, 0) is 5.57 Å². The van der Waals surface area contributed by atoms with Gasteiger partial charge in [0.15, 0.2) is 8.67 Å². The molecule has 2 aliphatic rings. The predicted molar refractivity (Wildman–Crippen MR) is 78.6 cm³/mol. The third-order valence-electron chi connectivity index (χ3n) is 4.11. The molecule has 0 spiro atoms. The van der Waals surface area contributed by atoms with E-state index in [1.807, 2.05) is 13.8 Å². The molecule has 98 valence electrons. The minimum Gasteiger partial charge on any atom is -0.119 e. The van der Waals surface area contributed by atoms with Gasteiger partial charge in [-0.15, -0.1) is 34.8 Å². The third-order valence-corrected chi connectivity index (χ3v) is 9.79. The number of rotatable bonds is 0. The van der Waals surface area contributed by atoms with Gasteiger partial charge in [-0.2, -0.15) is 0 Å². The second-order valence-corrected chi connectivity index (χ2v) is 9.32. The maximum absolute atomic E-state index is 6.59. The Bertz CT molecular complexity index is 413. The first kappa shape index (κ1) is 15.2. The van der Waals surface area contributed by atoms with Crippen LogP contribution in [0.3, 0.4) is 0 Å². The molecule has 2 saturated carbocycles. The summed E-state index contributed by atoms with van der Waals surface area (Å²) in [4.78, 5) is -2.67. The molecule has 0 amide bonds. The van der Waals surface area contributed by atoms with Crippen molar-refractivity contribution in [3.05, 3.63) is 12.2 Å². The van der Waals surface area contributed by atoms with E-state index in [-0.39, 0.29) is 0 Å². The van der Waals surface area contributed by atoms with E-state index in [1.54, 1.807) is 0 Å². The lowest BCUT2D eigenvalue weighted by molar-refractivity contribution is 0.300. The summed E-state index contributed by atoms with van der Waals surface area (Å²) in [5.41, 5.74) is -0.150. The number of alkyl halides is 7.